The van der Waals surface area contributed by atoms with Gasteiger partial charge in [-0.25, -0.2) is 0 Å². The van der Waals surface area contributed by atoms with Gasteiger partial charge in [0, 0.05) is 0 Å². The van der Waals surface area contributed by atoms with E-state index in [-0.39, 0.29) is 6.61 Å². The third kappa shape index (κ3) is 3.11. The molecule has 0 aromatic carbocycles. The lowest BCUT2D eigenvalue weighted by molar-refractivity contribution is -0.304. The van der Waals surface area contributed by atoms with E-state index in [0.717, 1.165) is 0 Å². The molecule has 7 heteroatoms. The monoisotopic (exact) mass is 238 g/mol. The van der Waals surface area contributed by atoms with Crippen molar-refractivity contribution in [2.45, 2.75) is 43.7 Å². The first-order chi connectivity index (χ1) is 7.47. The van der Waals surface area contributed by atoms with Crippen LogP contribution in [0.2, 0.25) is 0 Å². The van der Waals surface area contributed by atoms with E-state index >= 15 is 0 Å². The molecule has 1 rings (SSSR count). The van der Waals surface area contributed by atoms with E-state index in [1.807, 2.05) is 0 Å². The summed E-state index contributed by atoms with van der Waals surface area (Å²) in [5, 5.41) is 46.2. The predicted octanol–water partition coefficient (Wildman–Crippen LogP) is -2.82. The zero-order valence-corrected chi connectivity index (χ0v) is 8.93. The van der Waals surface area contributed by atoms with Gasteiger partial charge in [-0.3, -0.25) is 0 Å². The lowest BCUT2D eigenvalue weighted by atomic mass is 9.99. The van der Waals surface area contributed by atoms with Crippen LogP contribution in [0.4, 0.5) is 0 Å². The Hall–Kier alpha value is -0.280. The van der Waals surface area contributed by atoms with Gasteiger partial charge in [-0.15, -0.1) is 0 Å². The van der Waals surface area contributed by atoms with Gasteiger partial charge in [0.1, 0.15) is 24.4 Å². The molecule has 0 bridgehead atoms. The summed E-state index contributed by atoms with van der Waals surface area (Å²) in [5.41, 5.74) is 0. The molecule has 16 heavy (non-hydrogen) atoms. The first kappa shape index (κ1) is 13.8. The molecule has 0 aromatic rings. The Morgan fingerprint density at radius 3 is 2.31 bits per heavy atom. The van der Waals surface area contributed by atoms with Gasteiger partial charge < -0.3 is 35.0 Å². The van der Waals surface area contributed by atoms with Crippen LogP contribution in [0.1, 0.15) is 6.92 Å². The van der Waals surface area contributed by atoms with Crippen LogP contribution in [-0.2, 0) is 9.47 Å². The van der Waals surface area contributed by atoms with E-state index in [1.54, 1.807) is 0 Å². The fourth-order valence-electron chi connectivity index (χ4n) is 1.44. The molecule has 0 aliphatic carbocycles. The minimum absolute atomic E-state index is 0.0807. The Morgan fingerprint density at radius 1 is 1.19 bits per heavy atom. The minimum atomic E-state index is -1.45. The van der Waals surface area contributed by atoms with Crippen molar-refractivity contribution in [3.63, 3.8) is 0 Å². The number of aliphatic hydroxyl groups is 5. The molecular weight excluding hydrogens is 220 g/mol. The van der Waals surface area contributed by atoms with E-state index in [9.17, 15) is 15.3 Å². The Kier molecular flexibility index (Phi) is 5.06. The molecule has 1 fully saturated rings. The summed E-state index contributed by atoms with van der Waals surface area (Å²) in [4.78, 5) is 0. The molecule has 0 spiro atoms. The van der Waals surface area contributed by atoms with Gasteiger partial charge in [-0.1, -0.05) is 0 Å². The van der Waals surface area contributed by atoms with E-state index in [1.165, 1.54) is 6.92 Å². The van der Waals surface area contributed by atoms with Gasteiger partial charge in [0.15, 0.2) is 6.29 Å². The van der Waals surface area contributed by atoms with Gasteiger partial charge in [0.05, 0.1) is 19.3 Å². The highest BCUT2D eigenvalue weighted by Gasteiger charge is 2.43. The van der Waals surface area contributed by atoms with Crippen LogP contribution >= 0.6 is 0 Å². The van der Waals surface area contributed by atoms with Gasteiger partial charge in [0.25, 0.3) is 0 Å². The Bertz CT molecular complexity index is 208. The summed E-state index contributed by atoms with van der Waals surface area (Å²) < 4.78 is 10.0. The topological polar surface area (TPSA) is 120 Å². The van der Waals surface area contributed by atoms with Crippen molar-refractivity contribution in [2.75, 3.05) is 13.2 Å². The highest BCUT2D eigenvalue weighted by atomic mass is 16.7. The molecule has 1 aliphatic heterocycles. The molecule has 1 unspecified atom stereocenters. The Labute approximate surface area is 92.9 Å². The lowest BCUT2D eigenvalue weighted by Crippen LogP contribution is -2.59. The normalized spacial score (nSPS) is 42.0. The second-order valence-electron chi connectivity index (χ2n) is 3.88. The average molecular weight is 238 g/mol. The van der Waals surface area contributed by atoms with Gasteiger partial charge >= 0.3 is 0 Å². The number of hydrogen-bond donors (Lipinski definition) is 5. The number of rotatable bonds is 4. The van der Waals surface area contributed by atoms with Gasteiger partial charge in [0.2, 0.25) is 0 Å². The molecule has 1 saturated heterocycles. The molecule has 7 nitrogen and oxygen atoms in total. The minimum Gasteiger partial charge on any atom is -0.394 e. The molecular formula is C9H18O7. The molecule has 5 N–H and O–H groups in total. The van der Waals surface area contributed by atoms with Crippen LogP contribution in [0.15, 0.2) is 0 Å². The third-order valence-corrected chi connectivity index (χ3v) is 2.35. The van der Waals surface area contributed by atoms with E-state index in [0.29, 0.717) is 0 Å². The van der Waals surface area contributed by atoms with Gasteiger partial charge in [-0.05, 0) is 6.92 Å². The molecule has 1 aliphatic rings. The van der Waals surface area contributed by atoms with Crippen molar-refractivity contribution in [1.29, 1.82) is 0 Å². The Balaban J connectivity index is 2.56. The first-order valence-corrected chi connectivity index (χ1v) is 5.07. The molecule has 0 saturated carbocycles. The maximum absolute atomic E-state index is 9.51. The third-order valence-electron chi connectivity index (χ3n) is 2.35. The first-order valence-electron chi connectivity index (χ1n) is 5.07. The standard InChI is InChI=1S/C9H18O7/c1-4(11)3-15-9-8(14)7(13)6(12)5(2-10)16-9/h4-14H,2-3H2,1H3/t4-,5+,6-,7-,8+,9?/m0/s1. The van der Waals surface area contributed by atoms with Crippen molar-refractivity contribution in [3.8, 4) is 0 Å². The molecule has 0 aromatic heterocycles. The highest BCUT2D eigenvalue weighted by molar-refractivity contribution is 4.88. The maximum atomic E-state index is 9.51. The molecule has 96 valence electrons. The summed E-state index contributed by atoms with van der Waals surface area (Å²) in [5.74, 6) is 0. The lowest BCUT2D eigenvalue weighted by Gasteiger charge is -2.39. The van der Waals surface area contributed by atoms with Crippen molar-refractivity contribution < 1.29 is 35.0 Å². The summed E-state index contributed by atoms with van der Waals surface area (Å²) >= 11 is 0. The largest absolute Gasteiger partial charge is 0.394 e. The number of hydrogen-bond acceptors (Lipinski definition) is 7. The quantitative estimate of drug-likeness (QED) is 0.358. The van der Waals surface area contributed by atoms with Crippen LogP contribution in [0.5, 0.6) is 0 Å². The van der Waals surface area contributed by atoms with E-state index < -0.39 is 43.4 Å². The zero-order valence-electron chi connectivity index (χ0n) is 8.93. The van der Waals surface area contributed by atoms with Crippen LogP contribution in [0, 0.1) is 0 Å². The summed E-state index contributed by atoms with van der Waals surface area (Å²) in [6.07, 6.45) is -7.18. The Morgan fingerprint density at radius 2 is 1.81 bits per heavy atom. The van der Waals surface area contributed by atoms with Crippen LogP contribution in [0.3, 0.4) is 0 Å². The average Bonchev–Trinajstić information content (AvgIpc) is 2.25. The maximum Gasteiger partial charge on any atom is 0.186 e. The van der Waals surface area contributed by atoms with Crippen LogP contribution in [-0.4, -0.2) is 75.6 Å². The van der Waals surface area contributed by atoms with E-state index in [2.05, 4.69) is 0 Å². The van der Waals surface area contributed by atoms with Crippen LogP contribution in [0.25, 0.3) is 0 Å². The summed E-state index contributed by atoms with van der Waals surface area (Å²) in [6, 6.07) is 0. The number of ether oxygens (including phenoxy) is 2. The fourth-order valence-corrected chi connectivity index (χ4v) is 1.44. The molecule has 0 radical (unpaired) electrons. The summed E-state index contributed by atoms with van der Waals surface area (Å²) in [7, 11) is 0. The smallest absolute Gasteiger partial charge is 0.186 e. The molecule has 1 heterocycles. The second kappa shape index (κ2) is 5.87. The predicted molar refractivity (Wildman–Crippen MR) is 51.4 cm³/mol. The second-order valence-corrected chi connectivity index (χ2v) is 3.88. The molecule has 6 atom stereocenters. The van der Waals surface area contributed by atoms with Crippen molar-refractivity contribution in [1.82, 2.24) is 0 Å². The SMILES string of the molecule is C[C@H](O)COC1O[C@H](CO)[C@H](O)[C@H](O)[C@H]1O. The molecule has 0 amide bonds. The zero-order chi connectivity index (χ0) is 12.3. The summed E-state index contributed by atoms with van der Waals surface area (Å²) in [6.45, 7) is 0.909. The highest BCUT2D eigenvalue weighted by Crippen LogP contribution is 2.21. The van der Waals surface area contributed by atoms with E-state index in [4.69, 9.17) is 19.7 Å². The van der Waals surface area contributed by atoms with Gasteiger partial charge in [-0.2, -0.15) is 0 Å². The van der Waals surface area contributed by atoms with Crippen molar-refractivity contribution in [3.05, 3.63) is 0 Å². The van der Waals surface area contributed by atoms with Crippen molar-refractivity contribution in [2.24, 2.45) is 0 Å². The van der Waals surface area contributed by atoms with Crippen molar-refractivity contribution >= 4 is 0 Å². The fraction of sp³-hybridized carbons (Fsp3) is 1.00. The number of aliphatic hydroxyl groups excluding tert-OH is 5. The van der Waals surface area contributed by atoms with Crippen LogP contribution < -0.4 is 0 Å².